The number of fused-ring (bicyclic) bond motifs is 1. The zero-order valence-electron chi connectivity index (χ0n) is 17.6. The van der Waals surface area contributed by atoms with E-state index in [1.54, 1.807) is 18.2 Å². The minimum atomic E-state index is -4.51. The van der Waals surface area contributed by atoms with Gasteiger partial charge in [0.2, 0.25) is 5.69 Å². The van der Waals surface area contributed by atoms with Crippen molar-refractivity contribution in [1.82, 2.24) is 19.2 Å². The highest BCUT2D eigenvalue weighted by molar-refractivity contribution is 7.90. The Balaban J connectivity index is 1.59. The van der Waals surface area contributed by atoms with Crippen LogP contribution >= 0.6 is 0 Å². The van der Waals surface area contributed by atoms with Crippen LogP contribution in [0.5, 0.6) is 0 Å². The number of amides is 2. The van der Waals surface area contributed by atoms with Gasteiger partial charge in [-0.1, -0.05) is 18.2 Å². The summed E-state index contributed by atoms with van der Waals surface area (Å²) in [6.45, 7) is 6.39. The number of nitrogens with one attached hydrogen (secondary N) is 2. The molecule has 2 aromatic heterocycles. The molecule has 1 aliphatic rings. The molecule has 1 aliphatic heterocycles. The number of benzene rings is 1. The maximum Gasteiger partial charge on any atom is 0.405 e. The summed E-state index contributed by atoms with van der Waals surface area (Å²) in [7, 11) is -3.93. The fourth-order valence-corrected chi connectivity index (χ4v) is 5.07. The quantitative estimate of drug-likeness (QED) is 0.531. The number of carbonyl (C=O) groups is 1. The number of likely N-dealkylation sites (tertiary alicyclic amines) is 1. The van der Waals surface area contributed by atoms with Gasteiger partial charge in [0.05, 0.1) is 17.2 Å². The van der Waals surface area contributed by atoms with Gasteiger partial charge < -0.3 is 15.5 Å². The van der Waals surface area contributed by atoms with Crippen LogP contribution in [0.4, 0.5) is 29.3 Å². The number of alkyl halides is 3. The molecule has 178 valence electrons. The third-order valence-electron chi connectivity index (χ3n) is 5.35. The Bertz CT molecular complexity index is 1370. The Labute approximate surface area is 193 Å². The summed E-state index contributed by atoms with van der Waals surface area (Å²) in [5, 5.41) is 5.40. The minimum Gasteiger partial charge on any atom is -0.388 e. The molecule has 1 unspecified atom stereocenters. The fourth-order valence-electron chi connectivity index (χ4n) is 3.74. The first-order valence-electron chi connectivity index (χ1n) is 10.1. The van der Waals surface area contributed by atoms with Crippen molar-refractivity contribution in [2.45, 2.75) is 23.5 Å². The molecule has 0 saturated carbocycles. The van der Waals surface area contributed by atoms with Crippen molar-refractivity contribution < 1.29 is 26.4 Å². The van der Waals surface area contributed by atoms with Crippen LogP contribution < -0.4 is 10.6 Å². The standard InChI is InChI=1S/C21H19F3N6O3S/c1-25-17-11-26-19-16(8-10-30(19)34(32,33)15-5-3-2-4-6-15)18(17)28-14-7-9-29(12-14)20(31)27-13-21(22,23)24/h2-6,8,10-11,14H,7,9,12-13H2,(H,26,28)(H,27,31). The third-order valence-corrected chi connectivity index (χ3v) is 7.03. The Hall–Kier alpha value is -3.79. The SMILES string of the molecule is [C-]#[N+]c1cnc2c(ccn2S(=O)(=O)c2ccccc2)c1NC1CCN(C(=O)NCC(F)(F)F)C1. The Morgan fingerprint density at radius 3 is 2.65 bits per heavy atom. The molecule has 2 N–H and O–H groups in total. The molecule has 3 aromatic rings. The van der Waals surface area contributed by atoms with Crippen LogP contribution in [0.25, 0.3) is 15.9 Å². The molecule has 3 heterocycles. The largest absolute Gasteiger partial charge is 0.405 e. The molecular formula is C21H19F3N6O3S. The minimum absolute atomic E-state index is 0.0781. The summed E-state index contributed by atoms with van der Waals surface area (Å²) < 4.78 is 64.3. The molecule has 34 heavy (non-hydrogen) atoms. The van der Waals surface area contributed by atoms with Crippen molar-refractivity contribution in [3.8, 4) is 0 Å². The molecule has 1 aromatic carbocycles. The first-order chi connectivity index (χ1) is 16.1. The van der Waals surface area contributed by atoms with Gasteiger partial charge in [0.1, 0.15) is 6.54 Å². The molecular weight excluding hydrogens is 473 g/mol. The van der Waals surface area contributed by atoms with E-state index in [4.69, 9.17) is 6.57 Å². The van der Waals surface area contributed by atoms with E-state index in [2.05, 4.69) is 15.1 Å². The van der Waals surface area contributed by atoms with Gasteiger partial charge in [-0.25, -0.2) is 27.0 Å². The van der Waals surface area contributed by atoms with Gasteiger partial charge >= 0.3 is 12.2 Å². The topological polar surface area (TPSA) is 101 Å². The highest BCUT2D eigenvalue weighted by Gasteiger charge is 2.32. The van der Waals surface area contributed by atoms with Crippen LogP contribution in [0.15, 0.2) is 53.7 Å². The van der Waals surface area contributed by atoms with E-state index in [0.29, 0.717) is 17.5 Å². The number of pyridine rings is 1. The predicted octanol–water partition coefficient (Wildman–Crippen LogP) is 3.58. The molecule has 2 amide bonds. The molecule has 1 fully saturated rings. The van der Waals surface area contributed by atoms with E-state index >= 15 is 0 Å². The normalized spacial score (nSPS) is 16.4. The Kier molecular flexibility index (Phi) is 6.09. The summed E-state index contributed by atoms with van der Waals surface area (Å²) in [6, 6.07) is 8.19. The van der Waals surface area contributed by atoms with E-state index in [0.717, 1.165) is 3.97 Å². The molecule has 0 bridgehead atoms. The van der Waals surface area contributed by atoms with Gasteiger partial charge in [-0.05, 0) is 24.6 Å². The zero-order valence-corrected chi connectivity index (χ0v) is 18.4. The maximum atomic E-state index is 13.1. The number of halogens is 3. The predicted molar refractivity (Wildman–Crippen MR) is 118 cm³/mol. The van der Waals surface area contributed by atoms with Crippen molar-refractivity contribution in [2.75, 3.05) is 25.0 Å². The number of hydrogen-bond acceptors (Lipinski definition) is 5. The monoisotopic (exact) mass is 492 g/mol. The van der Waals surface area contributed by atoms with E-state index in [9.17, 15) is 26.4 Å². The third kappa shape index (κ3) is 4.62. The second kappa shape index (κ2) is 8.86. The number of anilines is 1. The zero-order chi connectivity index (χ0) is 24.5. The van der Waals surface area contributed by atoms with E-state index in [-0.39, 0.29) is 35.4 Å². The lowest BCUT2D eigenvalue weighted by Gasteiger charge is -2.19. The van der Waals surface area contributed by atoms with Crippen LogP contribution in [-0.4, -0.2) is 60.2 Å². The lowest BCUT2D eigenvalue weighted by Crippen LogP contribution is -2.43. The Morgan fingerprint density at radius 1 is 1.24 bits per heavy atom. The van der Waals surface area contributed by atoms with Crippen molar-refractivity contribution in [2.24, 2.45) is 0 Å². The van der Waals surface area contributed by atoms with Gasteiger partial charge in [0.25, 0.3) is 10.0 Å². The van der Waals surface area contributed by atoms with Crippen molar-refractivity contribution in [3.63, 3.8) is 0 Å². The van der Waals surface area contributed by atoms with Crippen LogP contribution in [0.1, 0.15) is 6.42 Å². The number of nitrogens with zero attached hydrogens (tertiary/aromatic N) is 4. The van der Waals surface area contributed by atoms with Crippen molar-refractivity contribution in [3.05, 3.63) is 60.2 Å². The number of carbonyl (C=O) groups excluding carboxylic acids is 1. The van der Waals surface area contributed by atoms with Crippen molar-refractivity contribution in [1.29, 1.82) is 0 Å². The second-order valence-electron chi connectivity index (χ2n) is 7.65. The van der Waals surface area contributed by atoms with Gasteiger partial charge in [-0.15, -0.1) is 0 Å². The first kappa shape index (κ1) is 23.4. The van der Waals surface area contributed by atoms with Crippen LogP contribution in [-0.2, 0) is 10.0 Å². The fraction of sp³-hybridized carbons (Fsp3) is 0.286. The van der Waals surface area contributed by atoms with Crippen LogP contribution in [0, 0.1) is 6.57 Å². The van der Waals surface area contributed by atoms with E-state index < -0.39 is 28.8 Å². The van der Waals surface area contributed by atoms with Crippen molar-refractivity contribution >= 4 is 38.5 Å². The molecule has 4 rings (SSSR count). The number of hydrogen-bond donors (Lipinski definition) is 2. The average Bonchev–Trinajstić information content (AvgIpc) is 3.45. The second-order valence-corrected chi connectivity index (χ2v) is 9.46. The molecule has 1 saturated heterocycles. The average molecular weight is 492 g/mol. The number of aromatic nitrogens is 2. The summed E-state index contributed by atoms with van der Waals surface area (Å²) in [5.41, 5.74) is 0.628. The molecule has 9 nitrogen and oxygen atoms in total. The molecule has 0 spiro atoms. The summed E-state index contributed by atoms with van der Waals surface area (Å²) in [5.74, 6) is 0. The number of rotatable bonds is 5. The van der Waals surface area contributed by atoms with Gasteiger partial charge in [-0.2, -0.15) is 13.2 Å². The highest BCUT2D eigenvalue weighted by atomic mass is 32.2. The number of urea groups is 1. The van der Waals surface area contributed by atoms with Crippen LogP contribution in [0.3, 0.4) is 0 Å². The summed E-state index contributed by atoms with van der Waals surface area (Å²) in [4.78, 5) is 21.0. The molecule has 13 heteroatoms. The summed E-state index contributed by atoms with van der Waals surface area (Å²) in [6.07, 6.45) is -1.46. The molecule has 0 aliphatic carbocycles. The van der Waals surface area contributed by atoms with Gasteiger partial charge in [-0.3, -0.25) is 0 Å². The lowest BCUT2D eigenvalue weighted by atomic mass is 10.2. The lowest BCUT2D eigenvalue weighted by molar-refractivity contribution is -0.123. The first-order valence-corrected chi connectivity index (χ1v) is 11.6. The Morgan fingerprint density at radius 2 is 1.97 bits per heavy atom. The van der Waals surface area contributed by atoms with Gasteiger partial charge in [0, 0.05) is 36.9 Å². The molecule has 1 atom stereocenters. The molecule has 0 radical (unpaired) electrons. The smallest absolute Gasteiger partial charge is 0.388 e. The summed E-state index contributed by atoms with van der Waals surface area (Å²) >= 11 is 0. The highest BCUT2D eigenvalue weighted by Crippen LogP contribution is 2.35. The van der Waals surface area contributed by atoms with Crippen LogP contribution in [0.2, 0.25) is 0 Å². The van der Waals surface area contributed by atoms with E-state index in [1.165, 1.54) is 35.5 Å². The van der Waals surface area contributed by atoms with E-state index in [1.807, 2.05) is 5.32 Å². The maximum absolute atomic E-state index is 13.1. The van der Waals surface area contributed by atoms with Gasteiger partial charge in [0.15, 0.2) is 5.65 Å².